The van der Waals surface area contributed by atoms with Gasteiger partial charge < -0.3 is 10.2 Å². The fourth-order valence-electron chi connectivity index (χ4n) is 2.44. The number of benzene rings is 1. The van der Waals surface area contributed by atoms with Crippen LogP contribution >= 0.6 is 0 Å². The maximum absolute atomic E-state index is 12.9. The predicted octanol–water partition coefficient (Wildman–Crippen LogP) is 1.85. The molecule has 1 aromatic carbocycles. The average Bonchev–Trinajstić information content (AvgIpc) is 3.00. The second-order valence-corrected chi connectivity index (χ2v) is 6.79. The van der Waals surface area contributed by atoms with Crippen molar-refractivity contribution < 1.29 is 9.59 Å². The third kappa shape index (κ3) is 4.68. The normalized spacial score (nSPS) is 12.5. The zero-order chi connectivity index (χ0) is 17.7. The van der Waals surface area contributed by atoms with Gasteiger partial charge in [-0.05, 0) is 32.4 Å². The first-order valence-corrected chi connectivity index (χ1v) is 7.88. The second kappa shape index (κ2) is 7.29. The van der Waals surface area contributed by atoms with Crippen molar-refractivity contribution in [2.45, 2.75) is 32.4 Å². The molecular formula is C18H24N4O2. The van der Waals surface area contributed by atoms with E-state index < -0.39 is 6.04 Å². The first-order chi connectivity index (χ1) is 11.3. The summed E-state index contributed by atoms with van der Waals surface area (Å²) < 4.78 is 1.61. The molecule has 0 saturated heterocycles. The number of amides is 2. The Bertz CT molecular complexity index is 675. The van der Waals surface area contributed by atoms with Crippen LogP contribution in [0.1, 0.15) is 32.4 Å². The number of carbonyl (C=O) groups excluding carboxylic acids is 2. The molecule has 2 rings (SSSR count). The number of hydrogen-bond acceptors (Lipinski definition) is 3. The van der Waals surface area contributed by atoms with E-state index in [2.05, 4.69) is 10.4 Å². The number of nitrogens with zero attached hydrogens (tertiary/aromatic N) is 3. The Hall–Kier alpha value is -2.63. The average molecular weight is 328 g/mol. The van der Waals surface area contributed by atoms with E-state index in [1.165, 1.54) is 4.90 Å². The molecule has 1 N–H and O–H groups in total. The summed E-state index contributed by atoms with van der Waals surface area (Å²) in [6.45, 7) is 5.72. The van der Waals surface area contributed by atoms with Crippen LogP contribution in [0, 0.1) is 0 Å². The van der Waals surface area contributed by atoms with Gasteiger partial charge in [-0.1, -0.05) is 30.3 Å². The predicted molar refractivity (Wildman–Crippen MR) is 92.3 cm³/mol. The Balaban J connectivity index is 2.18. The summed E-state index contributed by atoms with van der Waals surface area (Å²) in [6, 6.07) is 10.6. The molecule has 0 spiro atoms. The van der Waals surface area contributed by atoms with E-state index in [4.69, 9.17) is 0 Å². The number of rotatable bonds is 5. The molecular weight excluding hydrogens is 304 g/mol. The molecule has 0 fully saturated rings. The lowest BCUT2D eigenvalue weighted by Crippen LogP contribution is -2.47. The molecule has 2 aromatic rings. The van der Waals surface area contributed by atoms with Gasteiger partial charge in [0.05, 0.1) is 6.54 Å². The topological polar surface area (TPSA) is 67.2 Å². The van der Waals surface area contributed by atoms with Crippen LogP contribution < -0.4 is 5.32 Å². The molecule has 6 nitrogen and oxygen atoms in total. The van der Waals surface area contributed by atoms with E-state index in [1.807, 2.05) is 51.1 Å². The molecule has 1 heterocycles. The van der Waals surface area contributed by atoms with Crippen molar-refractivity contribution in [1.82, 2.24) is 20.0 Å². The monoisotopic (exact) mass is 328 g/mol. The molecule has 1 aromatic heterocycles. The third-order valence-corrected chi connectivity index (χ3v) is 3.41. The Morgan fingerprint density at radius 3 is 2.42 bits per heavy atom. The van der Waals surface area contributed by atoms with Crippen LogP contribution in [0.5, 0.6) is 0 Å². The van der Waals surface area contributed by atoms with E-state index in [9.17, 15) is 9.59 Å². The molecule has 0 aliphatic rings. The first-order valence-electron chi connectivity index (χ1n) is 7.88. The number of nitrogens with one attached hydrogen (secondary N) is 1. The van der Waals surface area contributed by atoms with Crippen molar-refractivity contribution in [2.75, 3.05) is 13.6 Å². The van der Waals surface area contributed by atoms with Crippen LogP contribution in [-0.2, 0) is 9.59 Å². The van der Waals surface area contributed by atoms with Crippen molar-refractivity contribution in [3.63, 3.8) is 0 Å². The van der Waals surface area contributed by atoms with Crippen LogP contribution in [0.3, 0.4) is 0 Å². The summed E-state index contributed by atoms with van der Waals surface area (Å²) in [5.74, 6) is -0.375. The van der Waals surface area contributed by atoms with Gasteiger partial charge in [0.25, 0.3) is 5.91 Å². The van der Waals surface area contributed by atoms with Crippen LogP contribution in [0.15, 0.2) is 48.8 Å². The van der Waals surface area contributed by atoms with Gasteiger partial charge in [-0.3, -0.25) is 14.3 Å². The summed E-state index contributed by atoms with van der Waals surface area (Å²) in [5.41, 5.74) is 0.496. The van der Waals surface area contributed by atoms with E-state index in [-0.39, 0.29) is 23.9 Å². The highest BCUT2D eigenvalue weighted by atomic mass is 16.2. The molecule has 2 amide bonds. The highest BCUT2D eigenvalue weighted by molar-refractivity contribution is 5.88. The molecule has 0 saturated carbocycles. The fraction of sp³-hybridized carbons (Fsp3) is 0.389. The summed E-state index contributed by atoms with van der Waals surface area (Å²) >= 11 is 0. The van der Waals surface area contributed by atoms with Crippen LogP contribution in [0.25, 0.3) is 0 Å². The van der Waals surface area contributed by atoms with Crippen molar-refractivity contribution in [1.29, 1.82) is 0 Å². The number of aromatic nitrogens is 2. The van der Waals surface area contributed by atoms with Gasteiger partial charge in [0.2, 0.25) is 5.91 Å². The zero-order valence-electron chi connectivity index (χ0n) is 14.6. The van der Waals surface area contributed by atoms with Crippen molar-refractivity contribution >= 4 is 11.8 Å². The minimum Gasteiger partial charge on any atom is -0.350 e. The van der Waals surface area contributed by atoms with Crippen LogP contribution in [0.4, 0.5) is 0 Å². The molecule has 24 heavy (non-hydrogen) atoms. The lowest BCUT2D eigenvalue weighted by molar-refractivity contribution is -0.137. The lowest BCUT2D eigenvalue weighted by Gasteiger charge is -2.26. The van der Waals surface area contributed by atoms with Crippen LogP contribution in [-0.4, -0.2) is 45.6 Å². The minimum absolute atomic E-state index is 0.000700. The maximum Gasteiger partial charge on any atom is 0.252 e. The third-order valence-electron chi connectivity index (χ3n) is 3.41. The largest absolute Gasteiger partial charge is 0.350 e. The Morgan fingerprint density at radius 2 is 1.88 bits per heavy atom. The molecule has 1 unspecified atom stereocenters. The minimum atomic E-state index is -0.589. The molecule has 1 atom stereocenters. The van der Waals surface area contributed by atoms with Crippen molar-refractivity contribution in [3.05, 3.63) is 54.4 Å². The van der Waals surface area contributed by atoms with Crippen molar-refractivity contribution in [2.24, 2.45) is 0 Å². The van der Waals surface area contributed by atoms with E-state index in [0.717, 1.165) is 5.56 Å². The summed E-state index contributed by atoms with van der Waals surface area (Å²) in [7, 11) is 1.63. The van der Waals surface area contributed by atoms with Gasteiger partial charge in [0, 0.05) is 25.0 Å². The van der Waals surface area contributed by atoms with Gasteiger partial charge in [0.15, 0.2) is 6.04 Å². The second-order valence-electron chi connectivity index (χ2n) is 6.79. The first kappa shape index (κ1) is 17.7. The van der Waals surface area contributed by atoms with E-state index >= 15 is 0 Å². The molecule has 0 aliphatic heterocycles. The van der Waals surface area contributed by atoms with Gasteiger partial charge in [-0.15, -0.1) is 0 Å². The molecule has 0 radical (unpaired) electrons. The van der Waals surface area contributed by atoms with Gasteiger partial charge in [-0.25, -0.2) is 0 Å². The van der Waals surface area contributed by atoms with E-state index in [1.54, 1.807) is 30.2 Å². The fourth-order valence-corrected chi connectivity index (χ4v) is 2.44. The summed E-state index contributed by atoms with van der Waals surface area (Å²) in [6.07, 6.45) is 3.38. The number of likely N-dealkylation sites (N-methyl/N-ethyl adjacent to an activating group) is 1. The maximum atomic E-state index is 12.9. The Morgan fingerprint density at radius 1 is 1.21 bits per heavy atom. The quantitative estimate of drug-likeness (QED) is 0.911. The zero-order valence-corrected chi connectivity index (χ0v) is 14.6. The summed E-state index contributed by atoms with van der Waals surface area (Å²) in [4.78, 5) is 26.5. The number of carbonyl (C=O) groups is 2. The van der Waals surface area contributed by atoms with Gasteiger partial charge >= 0.3 is 0 Å². The molecule has 128 valence electrons. The molecule has 0 aliphatic carbocycles. The van der Waals surface area contributed by atoms with Crippen molar-refractivity contribution in [3.8, 4) is 0 Å². The standard InChI is InChI=1S/C18H24N4O2/c1-18(2,3)20-15(23)13-21(4)17(24)16(22-12-8-11-19-22)14-9-6-5-7-10-14/h5-12,16H,13H2,1-4H3,(H,20,23). The smallest absolute Gasteiger partial charge is 0.252 e. The summed E-state index contributed by atoms with van der Waals surface area (Å²) in [5, 5.41) is 7.07. The van der Waals surface area contributed by atoms with Gasteiger partial charge in [0.1, 0.15) is 0 Å². The molecule has 6 heteroatoms. The Labute approximate surface area is 142 Å². The van der Waals surface area contributed by atoms with Gasteiger partial charge in [-0.2, -0.15) is 5.10 Å². The van der Waals surface area contributed by atoms with E-state index in [0.29, 0.717) is 0 Å². The highest BCUT2D eigenvalue weighted by Crippen LogP contribution is 2.19. The SMILES string of the molecule is CN(CC(=O)NC(C)(C)C)C(=O)C(c1ccccc1)n1cccn1. The molecule has 0 bridgehead atoms. The number of hydrogen-bond donors (Lipinski definition) is 1. The Kier molecular flexibility index (Phi) is 5.39. The highest BCUT2D eigenvalue weighted by Gasteiger charge is 2.27. The van der Waals surface area contributed by atoms with Crippen LogP contribution in [0.2, 0.25) is 0 Å². The lowest BCUT2D eigenvalue weighted by atomic mass is 10.1.